The van der Waals surface area contributed by atoms with Crippen LogP contribution in [0.3, 0.4) is 0 Å². The van der Waals surface area contributed by atoms with E-state index in [4.69, 9.17) is 21.4 Å². The van der Waals surface area contributed by atoms with Crippen LogP contribution in [0.4, 0.5) is 0 Å². The van der Waals surface area contributed by atoms with E-state index in [2.05, 4.69) is 9.80 Å². The Morgan fingerprint density at radius 1 is 1.45 bits per heavy atom. The molecular formula is C15H21ClN2O4. The highest BCUT2D eigenvalue weighted by molar-refractivity contribution is 6.30. The fraction of sp³-hybridized carbons (Fsp3) is 0.533. The van der Waals surface area contributed by atoms with Gasteiger partial charge in [0.25, 0.3) is 0 Å². The van der Waals surface area contributed by atoms with Crippen molar-refractivity contribution < 1.29 is 19.7 Å². The summed E-state index contributed by atoms with van der Waals surface area (Å²) in [7, 11) is 2.00. The van der Waals surface area contributed by atoms with Gasteiger partial charge in [-0.1, -0.05) is 11.6 Å². The number of hydrogen-bond acceptors (Lipinski definition) is 5. The van der Waals surface area contributed by atoms with Crippen LogP contribution in [0.1, 0.15) is 5.56 Å². The predicted molar refractivity (Wildman–Crippen MR) is 83.4 cm³/mol. The van der Waals surface area contributed by atoms with Gasteiger partial charge in [0.2, 0.25) is 0 Å². The number of hydrogen-bond donors (Lipinski definition) is 2. The lowest BCUT2D eigenvalue weighted by Gasteiger charge is -2.38. The van der Waals surface area contributed by atoms with Crippen LogP contribution in [0.5, 0.6) is 5.75 Å². The minimum atomic E-state index is -1.01. The van der Waals surface area contributed by atoms with Gasteiger partial charge >= 0.3 is 5.97 Å². The molecular weight excluding hydrogens is 308 g/mol. The maximum atomic E-state index is 10.7. The first-order valence-corrected chi connectivity index (χ1v) is 7.54. The second-order valence-electron chi connectivity index (χ2n) is 5.49. The molecule has 22 heavy (non-hydrogen) atoms. The topological polar surface area (TPSA) is 73.2 Å². The van der Waals surface area contributed by atoms with Gasteiger partial charge in [0.05, 0.1) is 6.61 Å². The number of aliphatic carboxylic acids is 1. The Labute approximate surface area is 134 Å². The van der Waals surface area contributed by atoms with E-state index in [0.29, 0.717) is 17.3 Å². The van der Waals surface area contributed by atoms with Crippen LogP contribution in [-0.4, -0.2) is 71.9 Å². The van der Waals surface area contributed by atoms with Crippen LogP contribution in [0.25, 0.3) is 0 Å². The number of nitrogens with zero attached hydrogens (tertiary/aromatic N) is 2. The second kappa shape index (κ2) is 7.78. The van der Waals surface area contributed by atoms with Gasteiger partial charge in [-0.05, 0) is 25.2 Å². The molecule has 0 spiro atoms. The van der Waals surface area contributed by atoms with Crippen molar-refractivity contribution in [2.24, 2.45) is 0 Å². The molecule has 2 rings (SSSR count). The molecule has 0 saturated carbocycles. The number of likely N-dealkylation sites (N-methyl/N-ethyl adjacent to an activating group) is 1. The zero-order valence-electron chi connectivity index (χ0n) is 12.5. The third kappa shape index (κ3) is 4.58. The van der Waals surface area contributed by atoms with Crippen molar-refractivity contribution in [3.63, 3.8) is 0 Å². The molecule has 1 atom stereocenters. The number of carboxylic acids is 1. The van der Waals surface area contributed by atoms with Gasteiger partial charge in [-0.2, -0.15) is 0 Å². The smallest absolute Gasteiger partial charge is 0.341 e. The molecule has 0 amide bonds. The Morgan fingerprint density at radius 2 is 2.23 bits per heavy atom. The van der Waals surface area contributed by atoms with E-state index in [1.54, 1.807) is 18.2 Å². The molecule has 1 saturated heterocycles. The van der Waals surface area contributed by atoms with Crippen LogP contribution in [0.2, 0.25) is 5.02 Å². The molecule has 2 N–H and O–H groups in total. The summed E-state index contributed by atoms with van der Waals surface area (Å²) in [4.78, 5) is 15.0. The van der Waals surface area contributed by atoms with Crippen LogP contribution in [0, 0.1) is 0 Å². The highest BCUT2D eigenvalue weighted by atomic mass is 35.5. The number of carboxylic acid groups (broad SMARTS) is 1. The number of ether oxygens (including phenoxy) is 1. The molecule has 7 heteroatoms. The number of halogens is 1. The summed E-state index contributed by atoms with van der Waals surface area (Å²) in [5, 5.41) is 18.7. The zero-order valence-corrected chi connectivity index (χ0v) is 13.3. The fourth-order valence-corrected chi connectivity index (χ4v) is 2.74. The summed E-state index contributed by atoms with van der Waals surface area (Å²) in [5.74, 6) is -0.480. The molecule has 1 fully saturated rings. The monoisotopic (exact) mass is 328 g/mol. The van der Waals surface area contributed by atoms with E-state index < -0.39 is 5.97 Å². The van der Waals surface area contributed by atoms with Crippen molar-refractivity contribution in [2.45, 2.75) is 12.6 Å². The van der Waals surface area contributed by atoms with Gasteiger partial charge in [0, 0.05) is 42.8 Å². The molecule has 0 radical (unpaired) electrons. The Kier molecular flexibility index (Phi) is 6.02. The van der Waals surface area contributed by atoms with Gasteiger partial charge in [-0.15, -0.1) is 0 Å². The summed E-state index contributed by atoms with van der Waals surface area (Å²) in [6.45, 7) is 2.84. The minimum absolute atomic E-state index is 0.108. The normalized spacial score (nSPS) is 20.0. The van der Waals surface area contributed by atoms with Crippen molar-refractivity contribution in [1.82, 2.24) is 9.80 Å². The molecule has 122 valence electrons. The third-order valence-electron chi connectivity index (χ3n) is 3.84. The first-order chi connectivity index (χ1) is 10.5. The van der Waals surface area contributed by atoms with E-state index in [-0.39, 0.29) is 19.3 Å². The summed E-state index contributed by atoms with van der Waals surface area (Å²) in [5.41, 5.74) is 0.856. The average molecular weight is 329 g/mol. The number of carbonyl (C=O) groups is 1. The van der Waals surface area contributed by atoms with Crippen LogP contribution < -0.4 is 4.74 Å². The quantitative estimate of drug-likeness (QED) is 0.809. The molecule has 1 aromatic carbocycles. The molecule has 1 aliphatic heterocycles. The first-order valence-electron chi connectivity index (χ1n) is 7.16. The minimum Gasteiger partial charge on any atom is -0.482 e. The maximum Gasteiger partial charge on any atom is 0.341 e. The van der Waals surface area contributed by atoms with Gasteiger partial charge in [0.1, 0.15) is 5.75 Å². The maximum absolute atomic E-state index is 10.7. The summed E-state index contributed by atoms with van der Waals surface area (Å²) >= 11 is 6.04. The second-order valence-corrected chi connectivity index (χ2v) is 5.92. The number of aliphatic hydroxyl groups excluding tert-OH is 1. The summed E-state index contributed by atoms with van der Waals surface area (Å²) < 4.78 is 5.32. The molecule has 1 aromatic rings. The third-order valence-corrected chi connectivity index (χ3v) is 4.07. The fourth-order valence-electron chi connectivity index (χ4n) is 2.54. The Hall–Kier alpha value is -1.34. The highest BCUT2D eigenvalue weighted by Gasteiger charge is 2.24. The largest absolute Gasteiger partial charge is 0.482 e. The standard InChI is InChI=1S/C15H21ClN2O4/c1-17-4-5-18(8-13(17)9-19)7-11-6-12(16)2-3-14(11)22-10-15(20)21/h2-3,6,13,19H,4-5,7-10H2,1H3,(H,20,21)/t13-/m0/s1. The lowest BCUT2D eigenvalue weighted by atomic mass is 10.1. The predicted octanol–water partition coefficient (Wildman–Crippen LogP) is 0.912. The van der Waals surface area contributed by atoms with E-state index in [0.717, 1.165) is 25.2 Å². The van der Waals surface area contributed by atoms with E-state index in [1.165, 1.54) is 0 Å². The molecule has 0 aromatic heterocycles. The highest BCUT2D eigenvalue weighted by Crippen LogP contribution is 2.25. The Bertz CT molecular complexity index is 526. The van der Waals surface area contributed by atoms with Crippen molar-refractivity contribution in [3.05, 3.63) is 28.8 Å². The molecule has 6 nitrogen and oxygen atoms in total. The van der Waals surface area contributed by atoms with Gasteiger partial charge in [-0.3, -0.25) is 9.80 Å². The van der Waals surface area contributed by atoms with Crippen molar-refractivity contribution in [1.29, 1.82) is 0 Å². The lowest BCUT2D eigenvalue weighted by molar-refractivity contribution is -0.139. The number of aliphatic hydroxyl groups is 1. The average Bonchev–Trinajstić information content (AvgIpc) is 2.48. The van der Waals surface area contributed by atoms with Crippen molar-refractivity contribution in [2.75, 3.05) is 39.9 Å². The van der Waals surface area contributed by atoms with Crippen molar-refractivity contribution in [3.8, 4) is 5.75 Å². The van der Waals surface area contributed by atoms with Crippen LogP contribution in [0.15, 0.2) is 18.2 Å². The molecule has 1 heterocycles. The summed E-state index contributed by atoms with van der Waals surface area (Å²) in [6.07, 6.45) is 0. The molecule has 0 bridgehead atoms. The first kappa shape index (κ1) is 17.0. The molecule has 1 aliphatic rings. The number of piperazine rings is 1. The van der Waals surface area contributed by atoms with E-state index in [9.17, 15) is 9.90 Å². The van der Waals surface area contributed by atoms with Crippen molar-refractivity contribution >= 4 is 17.6 Å². The molecule has 0 unspecified atom stereocenters. The van der Waals surface area contributed by atoms with Gasteiger partial charge in [-0.25, -0.2) is 4.79 Å². The van der Waals surface area contributed by atoms with E-state index in [1.807, 2.05) is 7.05 Å². The Morgan fingerprint density at radius 3 is 2.91 bits per heavy atom. The number of benzene rings is 1. The lowest BCUT2D eigenvalue weighted by Crippen LogP contribution is -2.52. The van der Waals surface area contributed by atoms with E-state index >= 15 is 0 Å². The SMILES string of the molecule is CN1CCN(Cc2cc(Cl)ccc2OCC(=O)O)C[C@H]1CO. The zero-order chi connectivity index (χ0) is 16.1. The Balaban J connectivity index is 2.07. The number of rotatable bonds is 6. The molecule has 0 aliphatic carbocycles. The van der Waals surface area contributed by atoms with Crippen LogP contribution >= 0.6 is 11.6 Å². The van der Waals surface area contributed by atoms with Gasteiger partial charge < -0.3 is 14.9 Å². The van der Waals surface area contributed by atoms with Gasteiger partial charge in [0.15, 0.2) is 6.61 Å². The van der Waals surface area contributed by atoms with Crippen LogP contribution in [-0.2, 0) is 11.3 Å². The summed E-state index contributed by atoms with van der Waals surface area (Å²) in [6, 6.07) is 5.28.